The Morgan fingerprint density at radius 1 is 0.523 bits per heavy atom. The number of rotatable bonds is 52. The summed E-state index contributed by atoms with van der Waals surface area (Å²) in [6.45, 7) is 4.92. The number of nitrogens with zero attached hydrogens (tertiary/aromatic N) is 1. The van der Waals surface area contributed by atoms with E-state index in [1.807, 2.05) is 21.1 Å². The minimum absolute atomic E-state index is 0.0749. The number of quaternary nitrogens is 1. The van der Waals surface area contributed by atoms with Crippen LogP contribution < -0.4 is 5.32 Å². The van der Waals surface area contributed by atoms with E-state index in [1.165, 1.54) is 205 Å². The van der Waals surface area contributed by atoms with Crippen LogP contribution in [-0.4, -0.2) is 73.4 Å². The number of nitrogens with one attached hydrogen (secondary N) is 1. The molecule has 0 spiro atoms. The fourth-order valence-corrected chi connectivity index (χ4v) is 9.23. The molecule has 0 aliphatic carbocycles. The van der Waals surface area contributed by atoms with E-state index < -0.39 is 20.0 Å². The van der Waals surface area contributed by atoms with Crippen molar-refractivity contribution >= 4 is 13.7 Å². The largest absolute Gasteiger partial charge is 0.472 e. The van der Waals surface area contributed by atoms with Crippen LogP contribution in [0, 0.1) is 0 Å². The first-order valence-corrected chi connectivity index (χ1v) is 29.7. The van der Waals surface area contributed by atoms with Gasteiger partial charge >= 0.3 is 7.82 Å². The van der Waals surface area contributed by atoms with Gasteiger partial charge in [-0.2, -0.15) is 0 Å². The van der Waals surface area contributed by atoms with Gasteiger partial charge in [-0.25, -0.2) is 4.57 Å². The van der Waals surface area contributed by atoms with Gasteiger partial charge in [0.05, 0.1) is 39.9 Å². The van der Waals surface area contributed by atoms with Crippen LogP contribution in [-0.2, 0) is 18.4 Å². The van der Waals surface area contributed by atoms with Crippen molar-refractivity contribution in [1.29, 1.82) is 0 Å². The molecule has 65 heavy (non-hydrogen) atoms. The number of unbranched alkanes of at least 4 members (excludes halogenated alkanes) is 35. The van der Waals surface area contributed by atoms with E-state index in [9.17, 15) is 19.4 Å². The van der Waals surface area contributed by atoms with Crippen molar-refractivity contribution in [3.05, 3.63) is 24.3 Å². The molecule has 0 aromatic rings. The summed E-state index contributed by atoms with van der Waals surface area (Å²) in [7, 11) is 1.62. The minimum Gasteiger partial charge on any atom is -0.391 e. The summed E-state index contributed by atoms with van der Waals surface area (Å²) in [6.07, 6.45) is 59.4. The molecule has 3 unspecified atom stereocenters. The maximum absolute atomic E-state index is 13.0. The number of hydrogen-bond donors (Lipinski definition) is 3. The fraction of sp³-hybridized carbons (Fsp3) is 0.911. The molecule has 1 amide bonds. The van der Waals surface area contributed by atoms with E-state index in [2.05, 4.69) is 43.5 Å². The molecule has 3 atom stereocenters. The first-order valence-electron chi connectivity index (χ1n) is 28.2. The second-order valence-electron chi connectivity index (χ2n) is 20.7. The van der Waals surface area contributed by atoms with Gasteiger partial charge < -0.3 is 19.8 Å². The molecule has 0 aromatic carbocycles. The van der Waals surface area contributed by atoms with Crippen molar-refractivity contribution in [2.75, 3.05) is 40.9 Å². The predicted octanol–water partition coefficient (Wildman–Crippen LogP) is 16.8. The predicted molar refractivity (Wildman–Crippen MR) is 281 cm³/mol. The number of hydrogen-bond acceptors (Lipinski definition) is 5. The van der Waals surface area contributed by atoms with Crippen molar-refractivity contribution in [3.63, 3.8) is 0 Å². The Balaban J connectivity index is 4.18. The highest BCUT2D eigenvalue weighted by Crippen LogP contribution is 2.43. The molecule has 0 saturated heterocycles. The van der Waals surface area contributed by atoms with Crippen LogP contribution in [0.5, 0.6) is 0 Å². The van der Waals surface area contributed by atoms with Crippen molar-refractivity contribution in [2.45, 2.75) is 289 Å². The van der Waals surface area contributed by atoms with Crippen molar-refractivity contribution in [2.24, 2.45) is 0 Å². The topological polar surface area (TPSA) is 105 Å². The van der Waals surface area contributed by atoms with Crippen LogP contribution in [0.25, 0.3) is 0 Å². The molecule has 0 rings (SSSR count). The molecule has 8 nitrogen and oxygen atoms in total. The first kappa shape index (κ1) is 64.0. The van der Waals surface area contributed by atoms with Gasteiger partial charge in [-0.15, -0.1) is 0 Å². The molecule has 386 valence electrons. The normalized spacial score (nSPS) is 14.1. The third-order valence-electron chi connectivity index (χ3n) is 13.0. The number of allylic oxidation sites excluding steroid dienone is 4. The molecule has 0 bridgehead atoms. The SMILES string of the molecule is CCCCCCCCCCC/C=C\C/C=C\CCCCCCCCCCCC(=O)NC(COP(=O)(O)OCC[N+](C)(C)C)C(O)CCCCCCCCCCCCCCCCCCCC. The van der Waals surface area contributed by atoms with Gasteiger partial charge in [0.15, 0.2) is 0 Å². The lowest BCUT2D eigenvalue weighted by Gasteiger charge is -2.26. The van der Waals surface area contributed by atoms with Crippen LogP contribution in [0.3, 0.4) is 0 Å². The molecule has 3 N–H and O–H groups in total. The molecule has 0 fully saturated rings. The molecule has 0 saturated carbocycles. The fourth-order valence-electron chi connectivity index (χ4n) is 8.49. The summed E-state index contributed by atoms with van der Waals surface area (Å²) in [5.41, 5.74) is 0. The molecule has 0 heterocycles. The van der Waals surface area contributed by atoms with E-state index in [1.54, 1.807) is 0 Å². The minimum atomic E-state index is -4.32. The number of phosphoric ester groups is 1. The lowest BCUT2D eigenvalue weighted by molar-refractivity contribution is -0.870. The average Bonchev–Trinajstić information content (AvgIpc) is 3.26. The number of aliphatic hydroxyl groups is 1. The van der Waals surface area contributed by atoms with Crippen LogP contribution >= 0.6 is 7.82 Å². The van der Waals surface area contributed by atoms with E-state index in [0.29, 0.717) is 23.9 Å². The lowest BCUT2D eigenvalue weighted by Crippen LogP contribution is -2.46. The second kappa shape index (κ2) is 48.0. The highest BCUT2D eigenvalue weighted by molar-refractivity contribution is 7.47. The Morgan fingerprint density at radius 2 is 0.877 bits per heavy atom. The molecular formula is C56H112N2O6P+. The molecule has 9 heteroatoms. The van der Waals surface area contributed by atoms with E-state index >= 15 is 0 Å². The first-order chi connectivity index (χ1) is 31.5. The van der Waals surface area contributed by atoms with Gasteiger partial charge in [0.1, 0.15) is 13.2 Å². The summed E-state index contributed by atoms with van der Waals surface area (Å²) >= 11 is 0. The average molecular weight is 940 g/mol. The standard InChI is InChI=1S/C56H111N2O6P/c1-6-8-10-12-14-16-18-20-22-24-26-27-28-29-30-31-32-34-36-38-40-42-44-46-48-50-56(60)57-54(53-64-65(61,62)63-52-51-58(3,4)5)55(59)49-47-45-43-41-39-37-35-33-25-23-21-19-17-15-13-11-9-7-2/h26-27,29-30,54-55,59H,6-25,28,31-53H2,1-5H3,(H-,57,60,61,62)/p+1/b27-26-,30-29-. The summed E-state index contributed by atoms with van der Waals surface area (Å²) in [6, 6.07) is -0.762. The Bertz CT molecular complexity index is 1110. The number of amides is 1. The summed E-state index contributed by atoms with van der Waals surface area (Å²) in [5, 5.41) is 14.1. The van der Waals surface area contributed by atoms with Crippen molar-refractivity contribution < 1.29 is 32.9 Å². The Morgan fingerprint density at radius 3 is 1.26 bits per heavy atom. The van der Waals surface area contributed by atoms with Gasteiger partial charge in [-0.05, 0) is 44.9 Å². The van der Waals surface area contributed by atoms with E-state index in [0.717, 1.165) is 44.9 Å². The van der Waals surface area contributed by atoms with Gasteiger partial charge in [-0.1, -0.05) is 250 Å². The lowest BCUT2D eigenvalue weighted by atomic mass is 10.0. The number of carbonyl (C=O) groups excluding carboxylic acids is 1. The zero-order valence-electron chi connectivity index (χ0n) is 44.0. The Labute approximate surface area is 404 Å². The van der Waals surface area contributed by atoms with Crippen LogP contribution in [0.2, 0.25) is 0 Å². The summed E-state index contributed by atoms with van der Waals surface area (Å²) in [5.74, 6) is -0.145. The van der Waals surface area contributed by atoms with Gasteiger partial charge in [0.2, 0.25) is 5.91 Å². The summed E-state index contributed by atoms with van der Waals surface area (Å²) in [4.78, 5) is 23.3. The third-order valence-corrected chi connectivity index (χ3v) is 13.9. The molecule has 0 aliphatic rings. The summed E-state index contributed by atoms with van der Waals surface area (Å²) < 4.78 is 23.8. The van der Waals surface area contributed by atoms with E-state index in [4.69, 9.17) is 9.05 Å². The maximum atomic E-state index is 13.0. The zero-order valence-corrected chi connectivity index (χ0v) is 44.9. The Kier molecular flexibility index (Phi) is 47.3. The van der Waals surface area contributed by atoms with Gasteiger partial charge in [0.25, 0.3) is 0 Å². The molecular weight excluding hydrogens is 828 g/mol. The second-order valence-corrected chi connectivity index (χ2v) is 22.1. The van der Waals surface area contributed by atoms with Crippen LogP contribution in [0.15, 0.2) is 24.3 Å². The molecule has 0 aliphatic heterocycles. The van der Waals surface area contributed by atoms with Gasteiger partial charge in [0, 0.05) is 6.42 Å². The van der Waals surface area contributed by atoms with Gasteiger partial charge in [-0.3, -0.25) is 13.8 Å². The monoisotopic (exact) mass is 940 g/mol. The van der Waals surface area contributed by atoms with Crippen molar-refractivity contribution in [3.8, 4) is 0 Å². The van der Waals surface area contributed by atoms with Crippen LogP contribution in [0.4, 0.5) is 0 Å². The number of likely N-dealkylation sites (N-methyl/N-ethyl adjacent to an activating group) is 1. The quantitative estimate of drug-likeness (QED) is 0.0243. The van der Waals surface area contributed by atoms with Crippen molar-refractivity contribution in [1.82, 2.24) is 5.32 Å². The highest BCUT2D eigenvalue weighted by Gasteiger charge is 2.28. The molecule has 0 aromatic heterocycles. The van der Waals surface area contributed by atoms with E-state index in [-0.39, 0.29) is 19.1 Å². The zero-order chi connectivity index (χ0) is 47.8. The highest BCUT2D eigenvalue weighted by atomic mass is 31.2. The smallest absolute Gasteiger partial charge is 0.391 e. The number of phosphoric acid groups is 1. The molecule has 0 radical (unpaired) electrons. The number of carbonyl (C=O) groups is 1. The maximum Gasteiger partial charge on any atom is 0.472 e. The van der Waals surface area contributed by atoms with Crippen LogP contribution in [0.1, 0.15) is 277 Å². The Hall–Kier alpha value is -1.02. The third kappa shape index (κ3) is 50.7. The number of aliphatic hydroxyl groups excluding tert-OH is 1.